The molecule has 0 heterocycles. The highest BCUT2D eigenvalue weighted by atomic mass is 19.3. The van der Waals surface area contributed by atoms with Crippen LogP contribution >= 0.6 is 0 Å². The van der Waals surface area contributed by atoms with Crippen LogP contribution in [0.1, 0.15) is 20.3 Å². The number of alkyl halides is 2. The van der Waals surface area contributed by atoms with Crippen molar-refractivity contribution in [2.75, 3.05) is 19.7 Å². The number of hydrogen-bond acceptors (Lipinski definition) is 3. The molecule has 0 spiro atoms. The molecule has 16 heavy (non-hydrogen) atoms. The van der Waals surface area contributed by atoms with Crippen LogP contribution in [0.15, 0.2) is 0 Å². The lowest BCUT2D eigenvalue weighted by Gasteiger charge is -2.27. The van der Waals surface area contributed by atoms with Crippen molar-refractivity contribution in [2.24, 2.45) is 11.7 Å². The summed E-state index contributed by atoms with van der Waals surface area (Å²) in [6, 6.07) is -0.782. The molecule has 0 unspecified atom stereocenters. The van der Waals surface area contributed by atoms with E-state index in [2.05, 4.69) is 0 Å². The molecular weight excluding hydrogens is 218 g/mol. The van der Waals surface area contributed by atoms with Crippen LogP contribution < -0.4 is 5.73 Å². The Morgan fingerprint density at radius 3 is 2.44 bits per heavy atom. The third kappa shape index (κ3) is 4.85. The SMILES string of the molecule is CC[C@H](C)[C@H](N)C(=O)N(CCO)CC(F)F. The number of carbonyl (C=O) groups excluding carboxylic acids is 1. The van der Waals surface area contributed by atoms with Gasteiger partial charge in [0.25, 0.3) is 6.43 Å². The molecule has 0 aliphatic heterocycles. The number of halogens is 2. The Kier molecular flexibility index (Phi) is 7.16. The highest BCUT2D eigenvalue weighted by molar-refractivity contribution is 5.82. The molecule has 0 aliphatic carbocycles. The van der Waals surface area contributed by atoms with Crippen LogP contribution in [-0.2, 0) is 4.79 Å². The quantitative estimate of drug-likeness (QED) is 0.676. The minimum atomic E-state index is -2.61. The predicted molar refractivity (Wildman–Crippen MR) is 57.1 cm³/mol. The van der Waals surface area contributed by atoms with Gasteiger partial charge >= 0.3 is 0 Å². The molecule has 0 aromatic carbocycles. The minimum absolute atomic E-state index is 0.0636. The van der Waals surface area contributed by atoms with Crippen LogP contribution in [0.3, 0.4) is 0 Å². The second-order valence-electron chi connectivity index (χ2n) is 3.81. The van der Waals surface area contributed by atoms with Crippen molar-refractivity contribution in [3.05, 3.63) is 0 Å². The van der Waals surface area contributed by atoms with E-state index in [9.17, 15) is 13.6 Å². The predicted octanol–water partition coefficient (Wildman–Crippen LogP) is 0.446. The summed E-state index contributed by atoms with van der Waals surface area (Å²) < 4.78 is 24.4. The number of amides is 1. The number of aliphatic hydroxyl groups excluding tert-OH is 1. The fraction of sp³-hybridized carbons (Fsp3) is 0.900. The molecule has 3 N–H and O–H groups in total. The van der Waals surface area contributed by atoms with Crippen LogP contribution in [0, 0.1) is 5.92 Å². The van der Waals surface area contributed by atoms with Crippen molar-refractivity contribution in [3.8, 4) is 0 Å². The zero-order chi connectivity index (χ0) is 12.7. The van der Waals surface area contributed by atoms with Gasteiger partial charge in [0, 0.05) is 6.54 Å². The van der Waals surface area contributed by atoms with E-state index in [1.807, 2.05) is 6.92 Å². The molecule has 0 aromatic rings. The molecule has 0 fully saturated rings. The van der Waals surface area contributed by atoms with E-state index in [0.717, 1.165) is 4.90 Å². The van der Waals surface area contributed by atoms with Gasteiger partial charge in [-0.15, -0.1) is 0 Å². The Balaban J connectivity index is 4.47. The summed E-state index contributed by atoms with van der Waals surface area (Å²) in [5.41, 5.74) is 5.66. The second kappa shape index (κ2) is 7.51. The largest absolute Gasteiger partial charge is 0.395 e. The molecule has 1 amide bonds. The van der Waals surface area contributed by atoms with Gasteiger partial charge in [-0.05, 0) is 5.92 Å². The lowest BCUT2D eigenvalue weighted by atomic mass is 9.99. The molecule has 6 heteroatoms. The molecule has 0 radical (unpaired) electrons. The summed E-state index contributed by atoms with van der Waals surface area (Å²) in [6.45, 7) is 2.55. The smallest absolute Gasteiger partial charge is 0.255 e. The van der Waals surface area contributed by atoms with E-state index in [1.54, 1.807) is 6.92 Å². The second-order valence-corrected chi connectivity index (χ2v) is 3.81. The zero-order valence-electron chi connectivity index (χ0n) is 9.70. The van der Waals surface area contributed by atoms with Gasteiger partial charge in [-0.3, -0.25) is 4.79 Å². The molecule has 4 nitrogen and oxygen atoms in total. The maximum absolute atomic E-state index is 12.2. The van der Waals surface area contributed by atoms with Gasteiger partial charge in [0.05, 0.1) is 19.2 Å². The Labute approximate surface area is 94.4 Å². The molecule has 96 valence electrons. The van der Waals surface area contributed by atoms with E-state index in [1.165, 1.54) is 0 Å². The topological polar surface area (TPSA) is 66.6 Å². The standard InChI is InChI=1S/C10H20F2N2O2/c1-3-7(2)9(13)10(16)14(4-5-15)6-8(11)12/h7-9,15H,3-6,13H2,1-2H3/t7-,9-/m0/s1. The van der Waals surface area contributed by atoms with Crippen molar-refractivity contribution in [3.63, 3.8) is 0 Å². The lowest BCUT2D eigenvalue weighted by Crippen LogP contribution is -2.49. The van der Waals surface area contributed by atoms with Gasteiger partial charge in [-0.25, -0.2) is 8.78 Å². The Morgan fingerprint density at radius 2 is 2.06 bits per heavy atom. The first-order chi connectivity index (χ1) is 7.43. The fourth-order valence-corrected chi connectivity index (χ4v) is 1.29. The zero-order valence-corrected chi connectivity index (χ0v) is 9.70. The molecule has 0 bridgehead atoms. The third-order valence-electron chi connectivity index (χ3n) is 2.58. The van der Waals surface area contributed by atoms with E-state index in [4.69, 9.17) is 10.8 Å². The summed E-state index contributed by atoms with van der Waals surface area (Å²) in [4.78, 5) is 12.6. The van der Waals surface area contributed by atoms with Gasteiger partial charge in [0.15, 0.2) is 0 Å². The van der Waals surface area contributed by atoms with Gasteiger partial charge < -0.3 is 15.7 Å². The number of hydrogen-bond donors (Lipinski definition) is 2. The number of aliphatic hydroxyl groups is 1. The van der Waals surface area contributed by atoms with Crippen molar-refractivity contribution in [2.45, 2.75) is 32.7 Å². The lowest BCUT2D eigenvalue weighted by molar-refractivity contribution is -0.136. The number of rotatable bonds is 7. The van der Waals surface area contributed by atoms with Crippen LogP contribution in [0.25, 0.3) is 0 Å². The fourth-order valence-electron chi connectivity index (χ4n) is 1.29. The molecule has 0 aliphatic rings. The maximum atomic E-state index is 12.2. The van der Waals surface area contributed by atoms with E-state index in [-0.39, 0.29) is 19.1 Å². The van der Waals surface area contributed by atoms with Crippen molar-refractivity contribution < 1.29 is 18.7 Å². The summed E-state index contributed by atoms with van der Waals surface area (Å²) >= 11 is 0. The number of carbonyl (C=O) groups is 1. The van der Waals surface area contributed by atoms with E-state index >= 15 is 0 Å². The first-order valence-corrected chi connectivity index (χ1v) is 5.37. The molecule has 0 rings (SSSR count). The normalized spacial score (nSPS) is 14.9. The van der Waals surface area contributed by atoms with Gasteiger partial charge in [-0.2, -0.15) is 0 Å². The van der Waals surface area contributed by atoms with Crippen LogP contribution in [-0.4, -0.2) is 48.1 Å². The van der Waals surface area contributed by atoms with Gasteiger partial charge in [-0.1, -0.05) is 20.3 Å². The van der Waals surface area contributed by atoms with Crippen LogP contribution in [0.2, 0.25) is 0 Å². The Morgan fingerprint density at radius 1 is 1.50 bits per heavy atom. The number of nitrogens with two attached hydrogens (primary N) is 1. The third-order valence-corrected chi connectivity index (χ3v) is 2.58. The average molecular weight is 238 g/mol. The average Bonchev–Trinajstić information content (AvgIpc) is 2.24. The summed E-state index contributed by atoms with van der Waals surface area (Å²) in [7, 11) is 0. The van der Waals surface area contributed by atoms with Gasteiger partial charge in [0.2, 0.25) is 5.91 Å². The molecule has 2 atom stereocenters. The number of nitrogens with zero attached hydrogens (tertiary/aromatic N) is 1. The highest BCUT2D eigenvalue weighted by Crippen LogP contribution is 2.09. The maximum Gasteiger partial charge on any atom is 0.255 e. The highest BCUT2D eigenvalue weighted by Gasteiger charge is 2.26. The molecule has 0 saturated carbocycles. The summed E-state index contributed by atoms with van der Waals surface area (Å²) in [5, 5.41) is 8.70. The molecular formula is C10H20F2N2O2. The van der Waals surface area contributed by atoms with Crippen molar-refractivity contribution in [1.29, 1.82) is 0 Å². The molecule has 0 saturated heterocycles. The minimum Gasteiger partial charge on any atom is -0.395 e. The Hall–Kier alpha value is -0.750. The first kappa shape index (κ1) is 15.2. The molecule has 0 aromatic heterocycles. The van der Waals surface area contributed by atoms with Crippen molar-refractivity contribution in [1.82, 2.24) is 4.90 Å². The first-order valence-electron chi connectivity index (χ1n) is 5.37. The summed E-state index contributed by atoms with van der Waals surface area (Å²) in [6.07, 6.45) is -1.91. The van der Waals surface area contributed by atoms with E-state index in [0.29, 0.717) is 6.42 Å². The summed E-state index contributed by atoms with van der Waals surface area (Å²) in [5.74, 6) is -0.588. The van der Waals surface area contributed by atoms with Gasteiger partial charge in [0.1, 0.15) is 0 Å². The monoisotopic (exact) mass is 238 g/mol. The van der Waals surface area contributed by atoms with Crippen molar-refractivity contribution >= 4 is 5.91 Å². The van der Waals surface area contributed by atoms with Crippen LogP contribution in [0.5, 0.6) is 0 Å². The van der Waals surface area contributed by atoms with E-state index < -0.39 is 24.9 Å². The van der Waals surface area contributed by atoms with Crippen LogP contribution in [0.4, 0.5) is 8.78 Å². The Bertz CT molecular complexity index is 215.